The second-order valence-corrected chi connectivity index (χ2v) is 7.43. The van der Waals surface area contributed by atoms with Crippen molar-refractivity contribution in [2.24, 2.45) is 0 Å². The molecule has 0 heterocycles. The molecule has 0 aliphatic rings. The fourth-order valence-corrected chi connectivity index (χ4v) is 3.50. The molecular formula is C18H23NO3S. The first kappa shape index (κ1) is 17.5. The van der Waals surface area contributed by atoms with Gasteiger partial charge in [0, 0.05) is 6.54 Å². The fraction of sp³-hybridized carbons (Fsp3) is 0.333. The number of hydrogen-bond acceptors (Lipinski definition) is 3. The van der Waals surface area contributed by atoms with Crippen molar-refractivity contribution in [2.75, 3.05) is 13.2 Å². The molecule has 0 spiro atoms. The highest BCUT2D eigenvalue weighted by molar-refractivity contribution is 7.88. The largest absolute Gasteiger partial charge is 0.492 e. The van der Waals surface area contributed by atoms with E-state index in [-0.39, 0.29) is 12.3 Å². The number of hydrogen-bond donors (Lipinski definition) is 1. The van der Waals surface area contributed by atoms with Crippen LogP contribution in [0.1, 0.15) is 22.3 Å². The maximum atomic E-state index is 12.1. The zero-order valence-electron chi connectivity index (χ0n) is 13.8. The summed E-state index contributed by atoms with van der Waals surface area (Å²) in [4.78, 5) is 0. The van der Waals surface area contributed by atoms with Crippen LogP contribution < -0.4 is 9.46 Å². The van der Waals surface area contributed by atoms with Crippen LogP contribution in [-0.2, 0) is 15.8 Å². The van der Waals surface area contributed by atoms with E-state index >= 15 is 0 Å². The maximum absolute atomic E-state index is 12.1. The molecule has 0 aliphatic heterocycles. The maximum Gasteiger partial charge on any atom is 0.215 e. The Balaban J connectivity index is 1.86. The molecule has 0 radical (unpaired) electrons. The van der Waals surface area contributed by atoms with Crippen LogP contribution in [0.4, 0.5) is 0 Å². The summed E-state index contributed by atoms with van der Waals surface area (Å²) >= 11 is 0. The van der Waals surface area contributed by atoms with Crippen molar-refractivity contribution >= 4 is 10.0 Å². The lowest BCUT2D eigenvalue weighted by Crippen LogP contribution is -2.29. The molecular weight excluding hydrogens is 310 g/mol. The van der Waals surface area contributed by atoms with Crippen LogP contribution in [0.15, 0.2) is 42.5 Å². The van der Waals surface area contributed by atoms with Crippen LogP contribution in [0.3, 0.4) is 0 Å². The molecule has 0 saturated heterocycles. The lowest BCUT2D eigenvalue weighted by molar-refractivity contribution is 0.320. The zero-order valence-corrected chi connectivity index (χ0v) is 14.6. The Morgan fingerprint density at radius 3 is 2.39 bits per heavy atom. The standard InChI is InChI=1S/C18H23NO3S/c1-14-8-6-10-18(16(14)3)22-12-11-19-23(20,21)13-17-9-5-4-7-15(17)2/h4-10,19H,11-13H2,1-3H3. The van der Waals surface area contributed by atoms with Gasteiger partial charge in [-0.3, -0.25) is 0 Å². The Morgan fingerprint density at radius 1 is 0.957 bits per heavy atom. The van der Waals surface area contributed by atoms with E-state index in [0.29, 0.717) is 6.61 Å². The second-order valence-electron chi connectivity index (χ2n) is 5.63. The third-order valence-corrected chi connectivity index (χ3v) is 5.18. The number of aryl methyl sites for hydroxylation is 2. The Bertz CT molecular complexity index is 770. The first-order chi connectivity index (χ1) is 10.9. The average Bonchev–Trinajstić information content (AvgIpc) is 2.50. The van der Waals surface area contributed by atoms with Gasteiger partial charge in [-0.2, -0.15) is 0 Å². The van der Waals surface area contributed by atoms with Gasteiger partial charge in [-0.05, 0) is 49.1 Å². The minimum atomic E-state index is -3.36. The van der Waals surface area contributed by atoms with E-state index in [2.05, 4.69) is 4.72 Å². The molecule has 0 aliphatic carbocycles. The van der Waals surface area contributed by atoms with Crippen LogP contribution in [0.25, 0.3) is 0 Å². The normalized spacial score (nSPS) is 11.4. The van der Waals surface area contributed by atoms with Gasteiger partial charge in [0.1, 0.15) is 12.4 Å². The molecule has 23 heavy (non-hydrogen) atoms. The van der Waals surface area contributed by atoms with Gasteiger partial charge in [-0.25, -0.2) is 13.1 Å². The van der Waals surface area contributed by atoms with Gasteiger partial charge in [-0.15, -0.1) is 0 Å². The lowest BCUT2D eigenvalue weighted by Gasteiger charge is -2.12. The van der Waals surface area contributed by atoms with Gasteiger partial charge < -0.3 is 4.74 Å². The van der Waals surface area contributed by atoms with Crippen molar-refractivity contribution in [1.82, 2.24) is 4.72 Å². The Hall–Kier alpha value is -1.85. The predicted molar refractivity (Wildman–Crippen MR) is 93.2 cm³/mol. The molecule has 0 atom stereocenters. The molecule has 0 amide bonds. The van der Waals surface area contributed by atoms with E-state index < -0.39 is 10.0 Å². The van der Waals surface area contributed by atoms with E-state index in [9.17, 15) is 8.42 Å². The summed E-state index contributed by atoms with van der Waals surface area (Å²) in [5, 5.41) is 0. The van der Waals surface area contributed by atoms with Gasteiger partial charge in [0.2, 0.25) is 10.0 Å². The van der Waals surface area contributed by atoms with Crippen LogP contribution in [-0.4, -0.2) is 21.6 Å². The van der Waals surface area contributed by atoms with Crippen molar-refractivity contribution in [3.8, 4) is 5.75 Å². The summed E-state index contributed by atoms with van der Waals surface area (Å²) in [7, 11) is -3.36. The average molecular weight is 333 g/mol. The molecule has 0 bridgehead atoms. The van der Waals surface area contributed by atoms with Crippen molar-refractivity contribution in [2.45, 2.75) is 26.5 Å². The molecule has 5 heteroatoms. The monoisotopic (exact) mass is 333 g/mol. The number of nitrogens with one attached hydrogen (secondary N) is 1. The molecule has 0 aromatic heterocycles. The molecule has 4 nitrogen and oxygen atoms in total. The molecule has 2 aromatic rings. The lowest BCUT2D eigenvalue weighted by atomic mass is 10.1. The number of rotatable bonds is 7. The van der Waals surface area contributed by atoms with E-state index in [1.165, 1.54) is 0 Å². The SMILES string of the molecule is Cc1ccccc1CS(=O)(=O)NCCOc1cccc(C)c1C. The summed E-state index contributed by atoms with van der Waals surface area (Å²) in [5.74, 6) is 0.784. The number of benzene rings is 2. The molecule has 1 N–H and O–H groups in total. The Labute approximate surface area is 138 Å². The molecule has 0 saturated carbocycles. The first-order valence-corrected chi connectivity index (χ1v) is 9.25. The summed E-state index contributed by atoms with van der Waals surface area (Å²) in [5.41, 5.74) is 4.03. The summed E-state index contributed by atoms with van der Waals surface area (Å²) in [6.07, 6.45) is 0. The number of sulfonamides is 1. The molecule has 2 rings (SSSR count). The quantitative estimate of drug-likeness (QED) is 0.792. The smallest absolute Gasteiger partial charge is 0.215 e. The fourth-order valence-electron chi connectivity index (χ4n) is 2.27. The minimum absolute atomic E-state index is 0.0108. The molecule has 0 fully saturated rings. The van der Waals surface area contributed by atoms with Crippen LogP contribution in [0.2, 0.25) is 0 Å². The first-order valence-electron chi connectivity index (χ1n) is 7.60. The second kappa shape index (κ2) is 7.62. The van der Waals surface area contributed by atoms with Gasteiger partial charge in [0.25, 0.3) is 0 Å². The molecule has 0 unspecified atom stereocenters. The van der Waals surface area contributed by atoms with Crippen LogP contribution >= 0.6 is 0 Å². The highest BCUT2D eigenvalue weighted by Crippen LogP contribution is 2.20. The van der Waals surface area contributed by atoms with Crippen LogP contribution in [0, 0.1) is 20.8 Å². The third-order valence-electron chi connectivity index (χ3n) is 3.84. The summed E-state index contributed by atoms with van der Waals surface area (Å²) in [6.45, 7) is 6.48. The Kier molecular flexibility index (Phi) is 5.80. The predicted octanol–water partition coefficient (Wildman–Crippen LogP) is 3.11. The van der Waals surface area contributed by atoms with Gasteiger partial charge in [0.15, 0.2) is 0 Å². The van der Waals surface area contributed by atoms with Crippen molar-refractivity contribution < 1.29 is 13.2 Å². The van der Waals surface area contributed by atoms with E-state index in [4.69, 9.17) is 4.74 Å². The number of ether oxygens (including phenoxy) is 1. The topological polar surface area (TPSA) is 55.4 Å². The molecule has 124 valence electrons. The summed E-state index contributed by atoms with van der Waals surface area (Å²) < 4.78 is 32.5. The van der Waals surface area contributed by atoms with E-state index in [1.54, 1.807) is 0 Å². The third kappa shape index (κ3) is 5.08. The van der Waals surface area contributed by atoms with Crippen molar-refractivity contribution in [3.63, 3.8) is 0 Å². The summed E-state index contributed by atoms with van der Waals surface area (Å²) in [6, 6.07) is 13.3. The van der Waals surface area contributed by atoms with E-state index in [0.717, 1.165) is 28.0 Å². The Morgan fingerprint density at radius 2 is 1.65 bits per heavy atom. The van der Waals surface area contributed by atoms with Crippen molar-refractivity contribution in [3.05, 3.63) is 64.7 Å². The van der Waals surface area contributed by atoms with Crippen molar-refractivity contribution in [1.29, 1.82) is 0 Å². The highest BCUT2D eigenvalue weighted by atomic mass is 32.2. The van der Waals surface area contributed by atoms with Gasteiger partial charge in [0.05, 0.1) is 5.75 Å². The molecule has 2 aromatic carbocycles. The highest BCUT2D eigenvalue weighted by Gasteiger charge is 2.12. The van der Waals surface area contributed by atoms with Crippen LogP contribution in [0.5, 0.6) is 5.75 Å². The van der Waals surface area contributed by atoms with E-state index in [1.807, 2.05) is 63.2 Å². The van der Waals surface area contributed by atoms with Gasteiger partial charge >= 0.3 is 0 Å². The van der Waals surface area contributed by atoms with Gasteiger partial charge in [-0.1, -0.05) is 36.4 Å². The minimum Gasteiger partial charge on any atom is -0.492 e. The zero-order chi connectivity index (χ0) is 16.9.